The number of ether oxygens (including phenoxy) is 2. The number of amides is 1. The summed E-state index contributed by atoms with van der Waals surface area (Å²) in [6, 6.07) is 14.7. The van der Waals surface area contributed by atoms with E-state index in [9.17, 15) is 4.79 Å². The minimum atomic E-state index is -0.327. The molecule has 1 heterocycles. The highest BCUT2D eigenvalue weighted by Crippen LogP contribution is 2.33. The Labute approximate surface area is 158 Å². The molecule has 1 aromatic heterocycles. The fourth-order valence-electron chi connectivity index (χ4n) is 2.94. The van der Waals surface area contributed by atoms with E-state index >= 15 is 0 Å². The molecule has 1 amide bonds. The van der Waals surface area contributed by atoms with Gasteiger partial charge in [-0.25, -0.2) is 0 Å². The van der Waals surface area contributed by atoms with Gasteiger partial charge in [0.25, 0.3) is 5.91 Å². The first kappa shape index (κ1) is 18.5. The molecule has 0 fully saturated rings. The van der Waals surface area contributed by atoms with E-state index in [-0.39, 0.29) is 17.7 Å². The van der Waals surface area contributed by atoms with Crippen molar-refractivity contribution in [2.45, 2.75) is 19.9 Å². The average molecular weight is 366 g/mol. The van der Waals surface area contributed by atoms with Crippen LogP contribution in [0.5, 0.6) is 11.5 Å². The van der Waals surface area contributed by atoms with E-state index in [1.807, 2.05) is 56.3 Å². The molecule has 0 bridgehead atoms. The van der Waals surface area contributed by atoms with Crippen molar-refractivity contribution in [3.05, 3.63) is 65.4 Å². The Kier molecular flexibility index (Phi) is 5.45. The molecule has 140 valence electrons. The topological polar surface area (TPSA) is 73.6 Å². The average Bonchev–Trinajstić information content (AvgIpc) is 3.18. The minimum Gasteiger partial charge on any atom is -0.493 e. The number of methoxy groups -OCH3 is 2. The predicted octanol–water partition coefficient (Wildman–Crippen LogP) is 4.16. The Morgan fingerprint density at radius 3 is 2.41 bits per heavy atom. The Bertz CT molecular complexity index is 935. The molecule has 1 atom stereocenters. The number of carbonyl (C=O) groups is 1. The van der Waals surface area contributed by atoms with Gasteiger partial charge >= 0.3 is 0 Å². The van der Waals surface area contributed by atoms with E-state index < -0.39 is 0 Å². The van der Waals surface area contributed by atoms with Crippen LogP contribution in [0.3, 0.4) is 0 Å². The van der Waals surface area contributed by atoms with Gasteiger partial charge in [-0.1, -0.05) is 35.5 Å². The van der Waals surface area contributed by atoms with E-state index in [2.05, 4.69) is 10.5 Å². The largest absolute Gasteiger partial charge is 0.493 e. The molecule has 1 unspecified atom stereocenters. The van der Waals surface area contributed by atoms with Crippen molar-refractivity contribution >= 4 is 5.91 Å². The van der Waals surface area contributed by atoms with Crippen molar-refractivity contribution in [2.24, 2.45) is 0 Å². The normalized spacial score (nSPS) is 11.7. The summed E-state index contributed by atoms with van der Waals surface area (Å²) >= 11 is 0. The van der Waals surface area contributed by atoms with Gasteiger partial charge in [-0.2, -0.15) is 0 Å². The lowest BCUT2D eigenvalue weighted by Crippen LogP contribution is -2.26. The maximum Gasteiger partial charge on any atom is 0.290 e. The molecule has 0 spiro atoms. The van der Waals surface area contributed by atoms with Crippen LogP contribution in [0, 0.1) is 6.92 Å². The van der Waals surface area contributed by atoms with Crippen LogP contribution in [-0.4, -0.2) is 25.3 Å². The van der Waals surface area contributed by atoms with Crippen LogP contribution in [-0.2, 0) is 0 Å². The van der Waals surface area contributed by atoms with Crippen molar-refractivity contribution in [3.8, 4) is 22.8 Å². The monoisotopic (exact) mass is 366 g/mol. The standard InChI is InChI=1S/C21H22N2O4/c1-13-10-18(25-3)19(26-4)11-16(13)14(2)22-21(24)20-12-17(23-27-20)15-8-6-5-7-9-15/h5-12,14H,1-4H3,(H,22,24). The van der Waals surface area contributed by atoms with Gasteiger partial charge in [-0.3, -0.25) is 4.79 Å². The maximum atomic E-state index is 12.6. The Morgan fingerprint density at radius 1 is 1.07 bits per heavy atom. The van der Waals surface area contributed by atoms with Crippen LogP contribution >= 0.6 is 0 Å². The summed E-state index contributed by atoms with van der Waals surface area (Å²) < 4.78 is 15.9. The predicted molar refractivity (Wildman–Crippen MR) is 102 cm³/mol. The van der Waals surface area contributed by atoms with Crippen molar-refractivity contribution in [1.82, 2.24) is 10.5 Å². The van der Waals surface area contributed by atoms with Crippen molar-refractivity contribution < 1.29 is 18.8 Å². The first-order valence-corrected chi connectivity index (χ1v) is 8.59. The molecule has 3 aromatic rings. The fraction of sp³-hybridized carbons (Fsp3) is 0.238. The minimum absolute atomic E-state index is 0.166. The highest BCUT2D eigenvalue weighted by Gasteiger charge is 2.19. The molecule has 0 saturated carbocycles. The lowest BCUT2D eigenvalue weighted by molar-refractivity contribution is 0.0902. The second-order valence-corrected chi connectivity index (χ2v) is 6.20. The summed E-state index contributed by atoms with van der Waals surface area (Å²) in [6.07, 6.45) is 0. The first-order chi connectivity index (χ1) is 13.0. The second kappa shape index (κ2) is 7.95. The third-order valence-corrected chi connectivity index (χ3v) is 4.39. The number of benzene rings is 2. The Morgan fingerprint density at radius 2 is 1.74 bits per heavy atom. The first-order valence-electron chi connectivity index (χ1n) is 8.59. The smallest absolute Gasteiger partial charge is 0.290 e. The quantitative estimate of drug-likeness (QED) is 0.709. The number of aromatic nitrogens is 1. The number of rotatable bonds is 6. The molecular weight excluding hydrogens is 344 g/mol. The van der Waals surface area contributed by atoms with Gasteiger partial charge in [0, 0.05) is 11.6 Å². The van der Waals surface area contributed by atoms with Crippen LogP contribution in [0.1, 0.15) is 34.6 Å². The molecule has 0 aliphatic rings. The molecule has 27 heavy (non-hydrogen) atoms. The Hall–Kier alpha value is -3.28. The summed E-state index contributed by atoms with van der Waals surface area (Å²) in [6.45, 7) is 3.86. The van der Waals surface area contributed by atoms with Gasteiger partial charge < -0.3 is 19.3 Å². The van der Waals surface area contributed by atoms with Crippen molar-refractivity contribution in [3.63, 3.8) is 0 Å². The lowest BCUT2D eigenvalue weighted by Gasteiger charge is -2.18. The lowest BCUT2D eigenvalue weighted by atomic mass is 10.0. The highest BCUT2D eigenvalue weighted by molar-refractivity contribution is 5.92. The molecular formula is C21H22N2O4. The summed E-state index contributed by atoms with van der Waals surface area (Å²) in [5.74, 6) is 1.11. The van der Waals surface area contributed by atoms with Crippen LogP contribution in [0.2, 0.25) is 0 Å². The molecule has 0 aliphatic heterocycles. The number of nitrogens with one attached hydrogen (secondary N) is 1. The van der Waals surface area contributed by atoms with E-state index in [4.69, 9.17) is 14.0 Å². The van der Waals surface area contributed by atoms with E-state index in [0.29, 0.717) is 17.2 Å². The number of aryl methyl sites for hydroxylation is 1. The molecule has 6 nitrogen and oxygen atoms in total. The molecule has 0 aliphatic carbocycles. The Balaban J connectivity index is 1.77. The molecule has 2 aromatic carbocycles. The zero-order valence-electron chi connectivity index (χ0n) is 15.8. The van der Waals surface area contributed by atoms with Crippen molar-refractivity contribution in [2.75, 3.05) is 14.2 Å². The zero-order valence-corrected chi connectivity index (χ0v) is 15.8. The summed E-state index contributed by atoms with van der Waals surface area (Å²) in [5.41, 5.74) is 3.44. The third-order valence-electron chi connectivity index (χ3n) is 4.39. The highest BCUT2D eigenvalue weighted by atomic mass is 16.5. The van der Waals surface area contributed by atoms with Gasteiger partial charge in [0.1, 0.15) is 5.69 Å². The fourth-order valence-corrected chi connectivity index (χ4v) is 2.94. The number of hydrogen-bond donors (Lipinski definition) is 1. The van der Waals surface area contributed by atoms with Gasteiger partial charge in [0.15, 0.2) is 11.5 Å². The zero-order chi connectivity index (χ0) is 19.4. The van der Waals surface area contributed by atoms with Crippen LogP contribution < -0.4 is 14.8 Å². The molecule has 0 saturated heterocycles. The second-order valence-electron chi connectivity index (χ2n) is 6.20. The van der Waals surface area contributed by atoms with Gasteiger partial charge in [0.05, 0.1) is 20.3 Å². The summed E-state index contributed by atoms with van der Waals surface area (Å²) in [5, 5.41) is 6.92. The molecule has 3 rings (SSSR count). The number of nitrogens with zero attached hydrogens (tertiary/aromatic N) is 1. The van der Waals surface area contributed by atoms with E-state index in [1.165, 1.54) is 0 Å². The summed E-state index contributed by atoms with van der Waals surface area (Å²) in [7, 11) is 3.18. The van der Waals surface area contributed by atoms with Gasteiger partial charge in [0.2, 0.25) is 5.76 Å². The molecule has 0 radical (unpaired) electrons. The van der Waals surface area contributed by atoms with Crippen LogP contribution in [0.4, 0.5) is 0 Å². The van der Waals surface area contributed by atoms with Crippen LogP contribution in [0.15, 0.2) is 53.1 Å². The number of hydrogen-bond acceptors (Lipinski definition) is 5. The summed E-state index contributed by atoms with van der Waals surface area (Å²) in [4.78, 5) is 12.6. The van der Waals surface area contributed by atoms with Gasteiger partial charge in [-0.05, 0) is 37.1 Å². The molecule has 1 N–H and O–H groups in total. The van der Waals surface area contributed by atoms with Gasteiger partial charge in [-0.15, -0.1) is 0 Å². The third kappa shape index (κ3) is 3.95. The SMILES string of the molecule is COc1cc(C)c(C(C)NC(=O)c2cc(-c3ccccc3)no2)cc1OC. The van der Waals surface area contributed by atoms with E-state index in [1.54, 1.807) is 20.3 Å². The number of carbonyl (C=O) groups excluding carboxylic acids is 1. The molecule has 6 heteroatoms. The van der Waals surface area contributed by atoms with Crippen LogP contribution in [0.25, 0.3) is 11.3 Å². The van der Waals surface area contributed by atoms with Crippen molar-refractivity contribution in [1.29, 1.82) is 0 Å². The van der Waals surface area contributed by atoms with E-state index in [0.717, 1.165) is 16.7 Å². The maximum absolute atomic E-state index is 12.6.